The van der Waals surface area contributed by atoms with Gasteiger partial charge in [0.15, 0.2) is 6.23 Å². The third-order valence-electron chi connectivity index (χ3n) is 5.69. The molecule has 1 aromatic carbocycles. The number of hydrogen-bond donors (Lipinski definition) is 4. The van der Waals surface area contributed by atoms with Crippen LogP contribution in [0, 0.1) is 0 Å². The Labute approximate surface area is 204 Å². The van der Waals surface area contributed by atoms with Gasteiger partial charge in [0, 0.05) is 29.3 Å². The van der Waals surface area contributed by atoms with E-state index in [-0.39, 0.29) is 5.91 Å². The zero-order valence-electron chi connectivity index (χ0n) is 18.3. The van der Waals surface area contributed by atoms with Crippen molar-refractivity contribution in [1.29, 1.82) is 0 Å². The van der Waals surface area contributed by atoms with Gasteiger partial charge in [-0.15, -0.1) is 0 Å². The second kappa shape index (κ2) is 11.1. The molecule has 2 aromatic rings. The molecule has 5 atom stereocenters. The van der Waals surface area contributed by atoms with E-state index in [1.54, 1.807) is 36.4 Å². The number of aromatic nitrogens is 2. The Hall–Kier alpha value is -2.73. The van der Waals surface area contributed by atoms with E-state index in [4.69, 9.17) is 9.47 Å². The van der Waals surface area contributed by atoms with Crippen LogP contribution < -0.4 is 16.3 Å². The van der Waals surface area contributed by atoms with Gasteiger partial charge in [-0.2, -0.15) is 4.98 Å². The molecule has 2 aliphatic rings. The number of amides is 1. The number of ether oxygens (including phenoxy) is 2. The van der Waals surface area contributed by atoms with Crippen molar-refractivity contribution in [2.24, 2.45) is 0 Å². The lowest BCUT2D eigenvalue weighted by Crippen LogP contribution is -2.41. The quantitative estimate of drug-likeness (QED) is 0.269. The summed E-state index contributed by atoms with van der Waals surface area (Å²) in [5.41, 5.74) is 0.725. The summed E-state index contributed by atoms with van der Waals surface area (Å²) in [6.07, 6.45) is 3.21. The molecule has 4 N–H and O–H groups in total. The molecule has 1 amide bonds. The molecule has 2 aliphatic heterocycles. The molecule has 0 bridgehead atoms. The maximum absolute atomic E-state index is 12.6. The molecule has 0 saturated carbocycles. The van der Waals surface area contributed by atoms with E-state index >= 15 is 0 Å². The lowest BCUT2D eigenvalue weighted by molar-refractivity contribution is -0.116. The third kappa shape index (κ3) is 5.66. The topological polar surface area (TPSA) is 135 Å². The van der Waals surface area contributed by atoms with Crippen LogP contribution in [0.5, 0.6) is 0 Å². The van der Waals surface area contributed by atoms with Crippen LogP contribution in [0.1, 0.15) is 31.9 Å². The number of benzene rings is 1. The molecule has 1 saturated heterocycles. The van der Waals surface area contributed by atoms with Crippen molar-refractivity contribution in [3.8, 4) is 0 Å². The van der Waals surface area contributed by atoms with Gasteiger partial charge in [0.05, 0.1) is 6.26 Å². The molecule has 1 fully saturated rings. The number of halogens is 1. The smallest absolute Gasteiger partial charge is 0.351 e. The molecule has 3 heterocycles. The van der Waals surface area contributed by atoms with E-state index in [0.717, 1.165) is 29.2 Å². The molecule has 34 heavy (non-hydrogen) atoms. The molecular weight excluding hydrogens is 508 g/mol. The molecule has 1 unspecified atom stereocenters. The molecular formula is C23H27BrN4O6. The lowest BCUT2D eigenvalue weighted by atomic mass is 10.0. The predicted octanol–water partition coefficient (Wildman–Crippen LogP) is 2.41. The molecule has 0 spiro atoms. The Bertz CT molecular complexity index is 1080. The Morgan fingerprint density at radius 2 is 1.82 bits per heavy atom. The van der Waals surface area contributed by atoms with Crippen LogP contribution in [0.25, 0.3) is 0 Å². The van der Waals surface area contributed by atoms with Gasteiger partial charge in [0.25, 0.3) is 0 Å². The average molecular weight is 535 g/mol. The Kier molecular flexibility index (Phi) is 7.99. The first kappa shape index (κ1) is 24.4. The molecule has 4 rings (SSSR count). The maximum Gasteiger partial charge on any atom is 0.351 e. The second-order valence-electron chi connectivity index (χ2n) is 8.15. The third-order valence-corrected chi connectivity index (χ3v) is 6.25. The van der Waals surface area contributed by atoms with E-state index in [9.17, 15) is 19.8 Å². The van der Waals surface area contributed by atoms with Crippen LogP contribution in [0.3, 0.4) is 0 Å². The number of nitrogens with one attached hydrogen (secondary N) is 2. The van der Waals surface area contributed by atoms with Gasteiger partial charge in [-0.3, -0.25) is 9.36 Å². The summed E-state index contributed by atoms with van der Waals surface area (Å²) in [5.74, 6) is 0.281. The number of carbonyl (C=O) groups is 1. The lowest BCUT2D eigenvalue weighted by Gasteiger charge is -2.27. The number of unbranched alkanes of at least 4 members (excludes halogenated alkanes) is 2. The fraction of sp³-hybridized carbons (Fsp3) is 0.435. The summed E-state index contributed by atoms with van der Waals surface area (Å²) in [6, 6.07) is 8.64. The van der Waals surface area contributed by atoms with Crippen molar-refractivity contribution >= 4 is 39.0 Å². The monoisotopic (exact) mass is 534 g/mol. The van der Waals surface area contributed by atoms with Gasteiger partial charge in [-0.05, 0) is 49.2 Å². The molecule has 1 aromatic heterocycles. The minimum atomic E-state index is -1.30. The largest absolute Gasteiger partial charge is 0.491 e. The first-order valence-electron chi connectivity index (χ1n) is 11.1. The predicted molar refractivity (Wildman–Crippen MR) is 129 cm³/mol. The van der Waals surface area contributed by atoms with Gasteiger partial charge >= 0.3 is 5.69 Å². The van der Waals surface area contributed by atoms with Crippen LogP contribution in [0.15, 0.2) is 53.7 Å². The van der Waals surface area contributed by atoms with E-state index in [0.29, 0.717) is 23.6 Å². The van der Waals surface area contributed by atoms with Crippen molar-refractivity contribution in [3.63, 3.8) is 0 Å². The molecule has 10 nitrogen and oxygen atoms in total. The fourth-order valence-electron chi connectivity index (χ4n) is 3.78. The summed E-state index contributed by atoms with van der Waals surface area (Å²) in [4.78, 5) is 28.6. The molecule has 182 valence electrons. The standard InChI is InChI=1S/C23H27BrN4O6/c24-11-3-1-2-4-18(29)26-15-7-5-14(6-8-15)25-17-9-12-28(23(32)27-17)22-20(31)19(30)21(34-22)16-10-13-33-16/h5-10,12-13,16,19-22,30-31H,1-4,11H2,(H,26,29)(H,25,27,32)/t16?,19-,20+,21+,22+/m0/s1. The van der Waals surface area contributed by atoms with Gasteiger partial charge in [0.1, 0.15) is 30.2 Å². The van der Waals surface area contributed by atoms with Crippen LogP contribution in [0.2, 0.25) is 0 Å². The number of carbonyl (C=O) groups excluding carboxylic acids is 1. The van der Waals surface area contributed by atoms with Gasteiger partial charge in [-0.25, -0.2) is 4.79 Å². The van der Waals surface area contributed by atoms with Crippen LogP contribution >= 0.6 is 15.9 Å². The van der Waals surface area contributed by atoms with Crippen LogP contribution in [-0.4, -0.2) is 55.4 Å². The van der Waals surface area contributed by atoms with Crippen molar-refractivity contribution in [3.05, 3.63) is 59.4 Å². The second-order valence-corrected chi connectivity index (χ2v) is 8.95. The Morgan fingerprint density at radius 1 is 1.09 bits per heavy atom. The summed E-state index contributed by atoms with van der Waals surface area (Å²) in [7, 11) is 0. The van der Waals surface area contributed by atoms with Crippen molar-refractivity contribution in [2.45, 2.75) is 56.3 Å². The summed E-state index contributed by atoms with van der Waals surface area (Å²) < 4.78 is 12.0. The highest BCUT2D eigenvalue weighted by molar-refractivity contribution is 9.09. The van der Waals surface area contributed by atoms with Gasteiger partial charge in [0.2, 0.25) is 5.91 Å². The number of nitrogens with zero attached hydrogens (tertiary/aromatic N) is 2. The normalized spacial score (nSPS) is 25.4. The SMILES string of the molecule is O=C(CCCCCBr)Nc1ccc(Nc2ccn([C@@H]3O[C@H](C4C=CO4)[C@@H](O)[C@H]3O)c(=O)n2)cc1. The molecule has 11 heteroatoms. The van der Waals surface area contributed by atoms with E-state index in [2.05, 4.69) is 31.5 Å². The number of hydrogen-bond acceptors (Lipinski definition) is 8. The number of rotatable bonds is 10. The summed E-state index contributed by atoms with van der Waals surface area (Å²) in [5, 5.41) is 27.4. The summed E-state index contributed by atoms with van der Waals surface area (Å²) >= 11 is 3.38. The zero-order chi connectivity index (χ0) is 24.1. The number of alkyl halides is 1. The highest BCUT2D eigenvalue weighted by Gasteiger charge is 2.48. The van der Waals surface area contributed by atoms with Crippen molar-refractivity contribution < 1.29 is 24.5 Å². The Morgan fingerprint density at radius 3 is 2.47 bits per heavy atom. The minimum Gasteiger partial charge on any atom is -0.491 e. The van der Waals surface area contributed by atoms with Crippen LogP contribution in [-0.2, 0) is 14.3 Å². The highest BCUT2D eigenvalue weighted by atomic mass is 79.9. The van der Waals surface area contributed by atoms with E-state index in [1.807, 2.05) is 0 Å². The van der Waals surface area contributed by atoms with Crippen molar-refractivity contribution in [2.75, 3.05) is 16.0 Å². The average Bonchev–Trinajstić information content (AvgIpc) is 3.06. The zero-order valence-corrected chi connectivity index (χ0v) is 19.9. The van der Waals surface area contributed by atoms with E-state index < -0.39 is 36.3 Å². The molecule has 0 radical (unpaired) electrons. The minimum absolute atomic E-state index is 0.0240. The molecule has 0 aliphatic carbocycles. The van der Waals surface area contributed by atoms with Crippen molar-refractivity contribution in [1.82, 2.24) is 9.55 Å². The summed E-state index contributed by atoms with van der Waals surface area (Å²) in [6.45, 7) is 0. The number of anilines is 3. The van der Waals surface area contributed by atoms with Gasteiger partial charge in [-0.1, -0.05) is 22.4 Å². The Balaban J connectivity index is 1.34. The number of aliphatic hydroxyl groups is 2. The first-order chi connectivity index (χ1) is 16.5. The maximum atomic E-state index is 12.6. The highest BCUT2D eigenvalue weighted by Crippen LogP contribution is 2.33. The fourth-order valence-corrected chi connectivity index (χ4v) is 4.18. The first-order valence-corrected chi connectivity index (χ1v) is 12.2. The number of aliphatic hydroxyl groups excluding tert-OH is 2. The van der Waals surface area contributed by atoms with Gasteiger partial charge < -0.3 is 30.3 Å². The van der Waals surface area contributed by atoms with E-state index in [1.165, 1.54) is 12.5 Å². The van der Waals surface area contributed by atoms with Crippen LogP contribution in [0.4, 0.5) is 17.2 Å².